The van der Waals surface area contributed by atoms with Gasteiger partial charge in [0.25, 0.3) is 0 Å². The zero-order valence-corrected chi connectivity index (χ0v) is 14.7. The number of carbonyl (C=O) groups is 1. The molecule has 0 unspecified atom stereocenters. The number of hydrogen-bond acceptors (Lipinski definition) is 2. The van der Waals surface area contributed by atoms with Gasteiger partial charge in [-0.1, -0.05) is 36.4 Å². The summed E-state index contributed by atoms with van der Waals surface area (Å²) >= 11 is 0. The number of benzene rings is 2. The van der Waals surface area contributed by atoms with Crippen molar-refractivity contribution >= 4 is 18.1 Å². The van der Waals surface area contributed by atoms with E-state index >= 15 is 0 Å². The number of halogens is 1. The average molecular weight is 368 g/mol. The number of carboxylic acids is 1. The molecule has 0 saturated carbocycles. The molecule has 0 fully saturated rings. The first-order chi connectivity index (χ1) is 12.1. The molecule has 0 aliphatic rings. The van der Waals surface area contributed by atoms with Gasteiger partial charge in [-0.15, -0.1) is 0 Å². The molecule has 3 aromatic rings. The van der Waals surface area contributed by atoms with E-state index in [1.54, 1.807) is 30.3 Å². The Morgan fingerprint density at radius 2 is 1.54 bits per heavy atom. The maximum Gasteiger partial charge on any atom is 0.335 e. The molecule has 0 saturated heterocycles. The highest BCUT2D eigenvalue weighted by Crippen LogP contribution is 2.12. The standard InChI is InChI=1S/C21H17NO3.ClH/c23-20-8-6-16(7-9-20)4-5-17-10-12-22(13-11-17)15-18-2-1-3-19(14-18)21(24)25;/h1-14H,15H2,(H,24,25);1H. The van der Waals surface area contributed by atoms with Crippen LogP contribution in [0.1, 0.15) is 27.0 Å². The molecule has 1 aromatic heterocycles. The van der Waals surface area contributed by atoms with Crippen LogP contribution in [-0.2, 0) is 6.54 Å². The molecule has 2 N–H and O–H groups in total. The third-order valence-electron chi connectivity index (χ3n) is 3.82. The fourth-order valence-corrected chi connectivity index (χ4v) is 2.48. The van der Waals surface area contributed by atoms with Crippen molar-refractivity contribution in [2.24, 2.45) is 0 Å². The van der Waals surface area contributed by atoms with Gasteiger partial charge in [-0.2, -0.15) is 0 Å². The Balaban J connectivity index is 0.00000243. The number of aromatic carboxylic acids is 1. The zero-order valence-electron chi connectivity index (χ0n) is 13.9. The smallest absolute Gasteiger partial charge is 0.335 e. The number of aromatic hydroxyl groups is 1. The number of aromatic nitrogens is 1. The van der Waals surface area contributed by atoms with E-state index in [0.717, 1.165) is 16.7 Å². The summed E-state index contributed by atoms with van der Waals surface area (Å²) < 4.78 is 2.00. The molecule has 26 heavy (non-hydrogen) atoms. The quantitative estimate of drug-likeness (QED) is 0.649. The van der Waals surface area contributed by atoms with Crippen molar-refractivity contribution in [2.45, 2.75) is 6.54 Å². The van der Waals surface area contributed by atoms with Crippen LogP contribution in [0.25, 0.3) is 12.2 Å². The number of phenolic OH excluding ortho intramolecular Hbond substituents is 1. The van der Waals surface area contributed by atoms with Gasteiger partial charge in [0.15, 0.2) is 18.9 Å². The third-order valence-corrected chi connectivity index (χ3v) is 3.82. The Kier molecular flexibility index (Phi) is 6.53. The number of hydrogen-bond donors (Lipinski definition) is 2. The molecule has 0 spiro atoms. The first-order valence-corrected chi connectivity index (χ1v) is 7.88. The number of nitrogens with zero attached hydrogens (tertiary/aromatic N) is 1. The van der Waals surface area contributed by atoms with Gasteiger partial charge >= 0.3 is 5.97 Å². The first kappa shape index (κ1) is 19.2. The van der Waals surface area contributed by atoms with Crippen LogP contribution in [0, 0.1) is 0 Å². The molecule has 2 aromatic carbocycles. The van der Waals surface area contributed by atoms with Gasteiger partial charge in [-0.05, 0) is 35.4 Å². The van der Waals surface area contributed by atoms with Crippen molar-refractivity contribution in [3.8, 4) is 5.75 Å². The zero-order chi connectivity index (χ0) is 17.6. The maximum atomic E-state index is 11.0. The Labute approximate surface area is 158 Å². The van der Waals surface area contributed by atoms with Crippen LogP contribution in [0.2, 0.25) is 0 Å². The lowest BCUT2D eigenvalue weighted by molar-refractivity contribution is -0.688. The highest BCUT2D eigenvalue weighted by Gasteiger charge is 2.07. The molecule has 0 aliphatic carbocycles. The average Bonchev–Trinajstić information content (AvgIpc) is 2.63. The molecular formula is C21H18ClNO3. The molecule has 4 nitrogen and oxygen atoms in total. The molecule has 132 valence electrons. The van der Waals surface area contributed by atoms with Crippen LogP contribution in [-0.4, -0.2) is 16.2 Å². The van der Waals surface area contributed by atoms with Crippen molar-refractivity contribution < 1.29 is 32.0 Å². The highest BCUT2D eigenvalue weighted by molar-refractivity contribution is 5.87. The second-order valence-corrected chi connectivity index (χ2v) is 5.73. The van der Waals surface area contributed by atoms with E-state index in [4.69, 9.17) is 5.11 Å². The summed E-state index contributed by atoms with van der Waals surface area (Å²) in [5, 5.41) is 18.3. The van der Waals surface area contributed by atoms with Crippen molar-refractivity contribution in [1.82, 2.24) is 0 Å². The molecule has 0 aliphatic heterocycles. The van der Waals surface area contributed by atoms with E-state index in [2.05, 4.69) is 0 Å². The first-order valence-electron chi connectivity index (χ1n) is 7.88. The van der Waals surface area contributed by atoms with Crippen LogP contribution in [0.5, 0.6) is 5.75 Å². The van der Waals surface area contributed by atoms with E-state index in [1.807, 2.05) is 59.4 Å². The monoisotopic (exact) mass is 367 g/mol. The van der Waals surface area contributed by atoms with Gasteiger partial charge in [-0.25, -0.2) is 9.36 Å². The van der Waals surface area contributed by atoms with Crippen molar-refractivity contribution in [1.29, 1.82) is 0 Å². The minimum absolute atomic E-state index is 0. The molecule has 0 amide bonds. The Hall–Kier alpha value is -3.11. The fourth-order valence-electron chi connectivity index (χ4n) is 2.48. The van der Waals surface area contributed by atoms with Crippen LogP contribution < -0.4 is 17.0 Å². The number of rotatable bonds is 5. The van der Waals surface area contributed by atoms with Crippen molar-refractivity contribution in [2.75, 3.05) is 0 Å². The second kappa shape index (κ2) is 8.83. The predicted molar refractivity (Wildman–Crippen MR) is 96.2 cm³/mol. The van der Waals surface area contributed by atoms with Gasteiger partial charge in [0, 0.05) is 17.7 Å². The lowest BCUT2D eigenvalue weighted by Crippen LogP contribution is -3.00. The van der Waals surface area contributed by atoms with Crippen LogP contribution >= 0.6 is 0 Å². The number of carboxylic acid groups (broad SMARTS) is 1. The Morgan fingerprint density at radius 3 is 2.15 bits per heavy atom. The van der Waals surface area contributed by atoms with Gasteiger partial charge in [0.2, 0.25) is 0 Å². The lowest BCUT2D eigenvalue weighted by Gasteiger charge is -2.00. The minimum atomic E-state index is -0.915. The summed E-state index contributed by atoms with van der Waals surface area (Å²) in [4.78, 5) is 11.0. The molecule has 0 bridgehead atoms. The SMILES string of the molecule is O=C(O)c1cccc(C[n+]2ccc(/C=C\c3ccc(O)cc3)cc2)c1.[Cl-]. The van der Waals surface area contributed by atoms with Crippen molar-refractivity contribution in [3.63, 3.8) is 0 Å². The van der Waals surface area contributed by atoms with Gasteiger partial charge in [0.1, 0.15) is 5.75 Å². The summed E-state index contributed by atoms with van der Waals surface area (Å²) in [6.45, 7) is 0.614. The summed E-state index contributed by atoms with van der Waals surface area (Å²) in [6, 6.07) is 18.0. The molecule has 0 radical (unpaired) electrons. The molecule has 3 rings (SSSR count). The second-order valence-electron chi connectivity index (χ2n) is 5.73. The Morgan fingerprint density at radius 1 is 0.923 bits per heavy atom. The van der Waals surface area contributed by atoms with E-state index in [0.29, 0.717) is 12.1 Å². The van der Waals surface area contributed by atoms with Gasteiger partial charge in [-0.3, -0.25) is 0 Å². The Bertz CT molecular complexity index is 903. The normalized spacial score (nSPS) is 10.5. The van der Waals surface area contributed by atoms with Gasteiger partial charge < -0.3 is 22.6 Å². The summed E-state index contributed by atoms with van der Waals surface area (Å²) in [7, 11) is 0. The van der Waals surface area contributed by atoms with Crippen LogP contribution in [0.3, 0.4) is 0 Å². The summed E-state index contributed by atoms with van der Waals surface area (Å²) in [5.74, 6) is -0.661. The van der Waals surface area contributed by atoms with Crippen LogP contribution in [0.4, 0.5) is 0 Å². The molecule has 1 heterocycles. The topological polar surface area (TPSA) is 61.4 Å². The maximum absolute atomic E-state index is 11.0. The van der Waals surface area contributed by atoms with E-state index in [9.17, 15) is 9.90 Å². The highest BCUT2D eigenvalue weighted by atomic mass is 35.5. The summed E-state index contributed by atoms with van der Waals surface area (Å²) in [6.07, 6.45) is 7.91. The fraction of sp³-hybridized carbons (Fsp3) is 0.0476. The molecule has 0 atom stereocenters. The van der Waals surface area contributed by atoms with E-state index in [-0.39, 0.29) is 18.2 Å². The molecular weight excluding hydrogens is 350 g/mol. The summed E-state index contributed by atoms with van der Waals surface area (Å²) in [5.41, 5.74) is 3.31. The minimum Gasteiger partial charge on any atom is -1.00 e. The number of phenols is 1. The van der Waals surface area contributed by atoms with Crippen molar-refractivity contribution in [3.05, 3.63) is 95.3 Å². The van der Waals surface area contributed by atoms with E-state index in [1.165, 1.54) is 0 Å². The van der Waals surface area contributed by atoms with Crippen LogP contribution in [0.15, 0.2) is 73.1 Å². The van der Waals surface area contributed by atoms with E-state index < -0.39 is 5.97 Å². The predicted octanol–water partition coefficient (Wildman–Crippen LogP) is 0.601. The molecule has 5 heteroatoms. The largest absolute Gasteiger partial charge is 1.00 e. The van der Waals surface area contributed by atoms with Gasteiger partial charge in [0.05, 0.1) is 5.56 Å². The lowest BCUT2D eigenvalue weighted by atomic mass is 10.1. The number of pyridine rings is 1. The third kappa shape index (κ3) is 5.19.